The van der Waals surface area contributed by atoms with E-state index in [1.807, 2.05) is 0 Å². The third kappa shape index (κ3) is 22.2. The van der Waals surface area contributed by atoms with Crippen LogP contribution in [-0.2, 0) is 36.2 Å². The predicted molar refractivity (Wildman–Crippen MR) is 77.6 cm³/mol. The molecule has 0 aliphatic carbocycles. The summed E-state index contributed by atoms with van der Waals surface area (Å²) in [5, 5.41) is 50.1. The molecule has 145 valence electrons. The Labute approximate surface area is 153 Å². The molecule has 25 heavy (non-hydrogen) atoms. The zero-order valence-electron chi connectivity index (χ0n) is 13.2. The SMILES string of the molecule is O=C(O)CN(CCO)CC(=O)O.O=C(O)CN(CCO)CC(=O)O.[Mn+2]. The van der Waals surface area contributed by atoms with Crippen LogP contribution in [0.15, 0.2) is 0 Å². The average molecular weight is 409 g/mol. The van der Waals surface area contributed by atoms with Crippen molar-refractivity contribution >= 4 is 23.9 Å². The number of aliphatic hydroxyl groups is 2. The van der Waals surface area contributed by atoms with E-state index >= 15 is 0 Å². The van der Waals surface area contributed by atoms with Gasteiger partial charge in [0.25, 0.3) is 0 Å². The van der Waals surface area contributed by atoms with Gasteiger partial charge in [-0.15, -0.1) is 0 Å². The summed E-state index contributed by atoms with van der Waals surface area (Å²) in [6, 6.07) is 0. The van der Waals surface area contributed by atoms with Crippen LogP contribution in [0.1, 0.15) is 0 Å². The molecule has 0 unspecified atom stereocenters. The molecule has 0 atom stereocenters. The summed E-state index contributed by atoms with van der Waals surface area (Å²) in [5.74, 6) is -4.43. The maximum Gasteiger partial charge on any atom is 2.00 e. The van der Waals surface area contributed by atoms with Crippen molar-refractivity contribution in [2.75, 3.05) is 52.5 Å². The van der Waals surface area contributed by atoms with Gasteiger partial charge in [0.15, 0.2) is 0 Å². The molecular weight excluding hydrogens is 387 g/mol. The Balaban J connectivity index is -0.000000372. The summed E-state index contributed by atoms with van der Waals surface area (Å²) >= 11 is 0. The summed E-state index contributed by atoms with van der Waals surface area (Å²) < 4.78 is 0. The third-order valence-electron chi connectivity index (χ3n) is 2.27. The molecule has 0 aromatic rings. The first-order valence-corrected chi connectivity index (χ1v) is 6.65. The Morgan fingerprint density at radius 1 is 0.560 bits per heavy atom. The number of aliphatic carboxylic acids is 4. The molecule has 12 nitrogen and oxygen atoms in total. The van der Waals surface area contributed by atoms with E-state index in [1.54, 1.807) is 0 Å². The number of carboxylic acid groups (broad SMARTS) is 4. The maximum atomic E-state index is 10.1. The van der Waals surface area contributed by atoms with Gasteiger partial charge >= 0.3 is 40.9 Å². The first kappa shape index (κ1) is 28.1. The number of rotatable bonds is 12. The minimum absolute atomic E-state index is 0. The Bertz CT molecular complexity index is 351. The van der Waals surface area contributed by atoms with Crippen molar-refractivity contribution in [1.29, 1.82) is 0 Å². The number of hydrogen-bond donors (Lipinski definition) is 6. The molecular formula is C12H22MnN2O10+2. The molecule has 0 aromatic heterocycles. The van der Waals surface area contributed by atoms with Crippen molar-refractivity contribution in [1.82, 2.24) is 9.80 Å². The smallest absolute Gasteiger partial charge is 0.480 e. The topological polar surface area (TPSA) is 196 Å². The van der Waals surface area contributed by atoms with Crippen LogP contribution in [0.25, 0.3) is 0 Å². The maximum absolute atomic E-state index is 10.1. The second kappa shape index (κ2) is 17.1. The van der Waals surface area contributed by atoms with Crippen molar-refractivity contribution in [3.8, 4) is 0 Å². The van der Waals surface area contributed by atoms with Gasteiger partial charge < -0.3 is 30.6 Å². The summed E-state index contributed by atoms with van der Waals surface area (Å²) in [6.07, 6.45) is 0. The molecule has 0 fully saturated rings. The normalized spacial score (nSPS) is 9.76. The largest absolute Gasteiger partial charge is 2.00 e. The molecule has 0 amide bonds. The van der Waals surface area contributed by atoms with Gasteiger partial charge in [-0.05, 0) is 0 Å². The van der Waals surface area contributed by atoms with Gasteiger partial charge in [0.1, 0.15) is 0 Å². The Morgan fingerprint density at radius 2 is 0.760 bits per heavy atom. The molecule has 0 bridgehead atoms. The van der Waals surface area contributed by atoms with E-state index in [1.165, 1.54) is 0 Å². The Hall–Kier alpha value is -1.76. The van der Waals surface area contributed by atoms with E-state index in [-0.39, 0.29) is 69.6 Å². The Morgan fingerprint density at radius 3 is 0.880 bits per heavy atom. The predicted octanol–water partition coefficient (Wildman–Crippen LogP) is -3.10. The zero-order valence-corrected chi connectivity index (χ0v) is 14.4. The van der Waals surface area contributed by atoms with Crippen LogP contribution in [0.5, 0.6) is 0 Å². The fourth-order valence-corrected chi connectivity index (χ4v) is 1.48. The molecule has 6 N–H and O–H groups in total. The number of nitrogens with zero attached hydrogens (tertiary/aromatic N) is 2. The van der Waals surface area contributed by atoms with Gasteiger partial charge in [0.05, 0.1) is 39.4 Å². The molecule has 0 heterocycles. The first-order valence-electron chi connectivity index (χ1n) is 6.65. The molecule has 0 rings (SSSR count). The van der Waals surface area contributed by atoms with Crippen LogP contribution in [0, 0.1) is 0 Å². The van der Waals surface area contributed by atoms with Crippen molar-refractivity contribution in [2.45, 2.75) is 0 Å². The summed E-state index contributed by atoms with van der Waals surface area (Å²) in [7, 11) is 0. The van der Waals surface area contributed by atoms with E-state index in [2.05, 4.69) is 0 Å². The second-order valence-corrected chi connectivity index (χ2v) is 4.44. The standard InChI is InChI=1S/2C6H11NO5.Mn/c2*8-2-1-7(3-5(9)10)4-6(11)12;/h2*8H,1-4H2,(H,9,10)(H,11,12);/q;;+2. The summed E-state index contributed by atoms with van der Waals surface area (Å²) in [5.41, 5.74) is 0. The van der Waals surface area contributed by atoms with E-state index in [9.17, 15) is 19.2 Å². The van der Waals surface area contributed by atoms with E-state index in [0.717, 1.165) is 9.80 Å². The van der Waals surface area contributed by atoms with Crippen molar-refractivity contribution in [3.63, 3.8) is 0 Å². The average Bonchev–Trinajstić information content (AvgIpc) is 2.36. The van der Waals surface area contributed by atoms with Gasteiger partial charge in [-0.2, -0.15) is 0 Å². The molecule has 13 heteroatoms. The summed E-state index contributed by atoms with van der Waals surface area (Å²) in [6.45, 7) is -1.86. The van der Waals surface area contributed by atoms with Crippen molar-refractivity contribution < 1.29 is 66.9 Å². The van der Waals surface area contributed by atoms with Crippen molar-refractivity contribution in [2.24, 2.45) is 0 Å². The van der Waals surface area contributed by atoms with Gasteiger partial charge in [0, 0.05) is 13.1 Å². The molecule has 1 radical (unpaired) electrons. The minimum atomic E-state index is -1.11. The number of aliphatic hydroxyl groups excluding tert-OH is 2. The van der Waals surface area contributed by atoms with Gasteiger partial charge in [-0.3, -0.25) is 29.0 Å². The van der Waals surface area contributed by atoms with Crippen LogP contribution >= 0.6 is 0 Å². The van der Waals surface area contributed by atoms with Gasteiger partial charge in [0.2, 0.25) is 0 Å². The summed E-state index contributed by atoms with van der Waals surface area (Å²) in [4.78, 5) is 42.9. The zero-order chi connectivity index (χ0) is 19.1. The molecule has 0 spiro atoms. The minimum Gasteiger partial charge on any atom is -0.480 e. The molecule has 0 aliphatic heterocycles. The van der Waals surface area contributed by atoms with Crippen LogP contribution in [0.2, 0.25) is 0 Å². The van der Waals surface area contributed by atoms with Crippen LogP contribution in [0.4, 0.5) is 0 Å². The fourth-order valence-electron chi connectivity index (χ4n) is 1.48. The third-order valence-corrected chi connectivity index (χ3v) is 2.27. The second-order valence-electron chi connectivity index (χ2n) is 4.44. The quantitative estimate of drug-likeness (QED) is 0.178. The van der Waals surface area contributed by atoms with E-state index in [0.29, 0.717) is 0 Å². The van der Waals surface area contributed by atoms with E-state index in [4.69, 9.17) is 30.6 Å². The molecule has 0 aromatic carbocycles. The monoisotopic (exact) mass is 409 g/mol. The van der Waals surface area contributed by atoms with Gasteiger partial charge in [-0.1, -0.05) is 0 Å². The molecule has 0 aliphatic rings. The molecule has 0 saturated carbocycles. The van der Waals surface area contributed by atoms with Gasteiger partial charge in [-0.25, -0.2) is 0 Å². The Kier molecular flexibility index (Phi) is 19.2. The first-order chi connectivity index (χ1) is 11.1. The number of hydrogen-bond acceptors (Lipinski definition) is 8. The fraction of sp³-hybridized carbons (Fsp3) is 0.667. The van der Waals surface area contributed by atoms with Crippen LogP contribution < -0.4 is 0 Å². The van der Waals surface area contributed by atoms with Crippen LogP contribution in [-0.4, -0.2) is 117 Å². The van der Waals surface area contributed by atoms with Crippen molar-refractivity contribution in [3.05, 3.63) is 0 Å². The number of carbonyl (C=O) groups is 4. The van der Waals surface area contributed by atoms with E-state index < -0.39 is 23.9 Å². The van der Waals surface area contributed by atoms with Crippen LogP contribution in [0.3, 0.4) is 0 Å². The molecule has 0 saturated heterocycles. The number of carboxylic acids is 4.